The third-order valence-corrected chi connectivity index (χ3v) is 4.02. The minimum absolute atomic E-state index is 0.123. The molecule has 1 unspecified atom stereocenters. The molecule has 0 fully saturated rings. The first-order valence-electron chi connectivity index (χ1n) is 7.15. The molecule has 114 valence electrons. The number of aromatic nitrogens is 3. The Kier molecular flexibility index (Phi) is 3.62. The summed E-state index contributed by atoms with van der Waals surface area (Å²) in [5.74, 6) is -0.851. The summed E-state index contributed by atoms with van der Waals surface area (Å²) in [5.41, 5.74) is 8.73. The molecule has 0 aliphatic heterocycles. The lowest BCUT2D eigenvalue weighted by Gasteiger charge is -2.20. The topological polar surface area (TPSA) is 114 Å². The van der Waals surface area contributed by atoms with Crippen molar-refractivity contribution in [1.82, 2.24) is 15.4 Å². The van der Waals surface area contributed by atoms with Crippen LogP contribution in [0.3, 0.4) is 0 Å². The van der Waals surface area contributed by atoms with Gasteiger partial charge in [0.15, 0.2) is 0 Å². The Balaban J connectivity index is 1.78. The number of benzene rings is 1. The van der Waals surface area contributed by atoms with Gasteiger partial charge in [-0.25, -0.2) is 0 Å². The fraction of sp³-hybridized carbons (Fsp3) is 0.333. The minimum Gasteiger partial charge on any atom is -0.366 e. The maximum atomic E-state index is 12.5. The molecular formula is C15H17N5O2. The summed E-state index contributed by atoms with van der Waals surface area (Å²) in [6.07, 6.45) is 1.99. The van der Waals surface area contributed by atoms with Gasteiger partial charge in [0.25, 0.3) is 5.91 Å². The quantitative estimate of drug-likeness (QED) is 0.783. The van der Waals surface area contributed by atoms with Crippen molar-refractivity contribution >= 4 is 17.5 Å². The van der Waals surface area contributed by atoms with Gasteiger partial charge in [0.1, 0.15) is 0 Å². The number of hydrogen-bond donors (Lipinski definition) is 3. The van der Waals surface area contributed by atoms with Crippen LogP contribution in [-0.4, -0.2) is 27.2 Å². The van der Waals surface area contributed by atoms with Gasteiger partial charge in [-0.1, -0.05) is 12.1 Å². The van der Waals surface area contributed by atoms with E-state index in [1.807, 2.05) is 0 Å². The van der Waals surface area contributed by atoms with E-state index >= 15 is 0 Å². The van der Waals surface area contributed by atoms with Crippen LogP contribution < -0.4 is 11.1 Å². The molecule has 1 heterocycles. The number of nitrogens with zero attached hydrogens (tertiary/aromatic N) is 2. The van der Waals surface area contributed by atoms with Crippen molar-refractivity contribution in [3.8, 4) is 0 Å². The lowest BCUT2D eigenvalue weighted by Crippen LogP contribution is -2.29. The molecule has 22 heavy (non-hydrogen) atoms. The number of aryl methyl sites for hydroxylation is 2. The van der Waals surface area contributed by atoms with Crippen LogP contribution in [0, 0.1) is 12.8 Å². The van der Waals surface area contributed by atoms with Gasteiger partial charge >= 0.3 is 0 Å². The summed E-state index contributed by atoms with van der Waals surface area (Å²) in [4.78, 5) is 24.0. The molecule has 3 rings (SSSR count). The Hall–Kier alpha value is -2.70. The van der Waals surface area contributed by atoms with Crippen LogP contribution in [0.1, 0.15) is 33.7 Å². The third kappa shape index (κ3) is 2.57. The molecule has 1 aromatic carbocycles. The van der Waals surface area contributed by atoms with E-state index < -0.39 is 5.91 Å². The molecule has 0 bridgehead atoms. The predicted octanol–water partition coefficient (Wildman–Crippen LogP) is 0.956. The highest BCUT2D eigenvalue weighted by Crippen LogP contribution is 2.25. The molecule has 0 saturated heterocycles. The second kappa shape index (κ2) is 5.59. The van der Waals surface area contributed by atoms with Crippen molar-refractivity contribution < 1.29 is 9.59 Å². The number of carbonyl (C=O) groups excluding carboxylic acids is 2. The first-order chi connectivity index (χ1) is 10.6. The third-order valence-electron chi connectivity index (χ3n) is 4.02. The van der Waals surface area contributed by atoms with Crippen molar-refractivity contribution in [2.24, 2.45) is 11.7 Å². The Bertz CT molecular complexity index is 737. The summed E-state index contributed by atoms with van der Waals surface area (Å²) >= 11 is 0. The number of carbonyl (C=O) groups is 2. The maximum Gasteiger partial charge on any atom is 0.251 e. The number of amides is 2. The molecular weight excluding hydrogens is 282 g/mol. The first-order valence-corrected chi connectivity index (χ1v) is 7.15. The minimum atomic E-state index is -0.546. The molecule has 7 heteroatoms. The highest BCUT2D eigenvalue weighted by Gasteiger charge is 2.28. The van der Waals surface area contributed by atoms with Crippen molar-refractivity contribution in [3.05, 3.63) is 40.7 Å². The van der Waals surface area contributed by atoms with Crippen LogP contribution in [0.5, 0.6) is 0 Å². The molecule has 2 aromatic rings. The lowest BCUT2D eigenvalue weighted by atomic mass is 9.89. The molecule has 0 saturated carbocycles. The fourth-order valence-electron chi connectivity index (χ4n) is 2.84. The number of primary amides is 1. The highest BCUT2D eigenvalue weighted by atomic mass is 16.2. The highest BCUT2D eigenvalue weighted by molar-refractivity contribution is 6.04. The SMILES string of the molecule is Cc1cccc(NC(=O)C2CCc3n[nH]nc3C2)c1C(N)=O. The van der Waals surface area contributed by atoms with Crippen LogP contribution in [0.4, 0.5) is 5.69 Å². The van der Waals surface area contributed by atoms with Gasteiger partial charge in [0.2, 0.25) is 5.91 Å². The molecule has 1 aromatic heterocycles. The normalized spacial score (nSPS) is 16.9. The number of nitrogens with one attached hydrogen (secondary N) is 2. The van der Waals surface area contributed by atoms with Gasteiger partial charge in [0, 0.05) is 12.3 Å². The van der Waals surface area contributed by atoms with Crippen LogP contribution in [0.2, 0.25) is 0 Å². The van der Waals surface area contributed by atoms with Gasteiger partial charge in [-0.2, -0.15) is 15.4 Å². The molecule has 0 spiro atoms. The molecule has 7 nitrogen and oxygen atoms in total. The Labute approximate surface area is 127 Å². The van der Waals surface area contributed by atoms with E-state index in [2.05, 4.69) is 20.7 Å². The largest absolute Gasteiger partial charge is 0.366 e. The van der Waals surface area contributed by atoms with Gasteiger partial charge in [-0.15, -0.1) is 0 Å². The second-order valence-corrected chi connectivity index (χ2v) is 5.51. The molecule has 1 aliphatic carbocycles. The summed E-state index contributed by atoms with van der Waals surface area (Å²) in [7, 11) is 0. The van der Waals surface area contributed by atoms with E-state index in [-0.39, 0.29) is 11.8 Å². The molecule has 0 radical (unpaired) electrons. The standard InChI is InChI=1S/C15H17N5O2/c1-8-3-2-4-11(13(8)14(16)21)17-15(22)9-5-6-10-12(7-9)19-20-18-10/h2-4,9H,5-7H2,1H3,(H2,16,21)(H,17,22)(H,18,19,20). The Morgan fingerprint density at radius 3 is 2.86 bits per heavy atom. The zero-order chi connectivity index (χ0) is 15.7. The van der Waals surface area contributed by atoms with E-state index in [1.165, 1.54) is 0 Å². The van der Waals surface area contributed by atoms with Crippen molar-refractivity contribution in [2.75, 3.05) is 5.32 Å². The fourth-order valence-corrected chi connectivity index (χ4v) is 2.84. The lowest BCUT2D eigenvalue weighted by molar-refractivity contribution is -0.120. The number of H-pyrrole nitrogens is 1. The summed E-state index contributed by atoms with van der Waals surface area (Å²) in [6, 6.07) is 5.27. The van der Waals surface area contributed by atoms with Gasteiger partial charge in [-0.3, -0.25) is 9.59 Å². The number of nitrogens with two attached hydrogens (primary N) is 1. The Morgan fingerprint density at radius 2 is 2.09 bits per heavy atom. The monoisotopic (exact) mass is 299 g/mol. The number of fused-ring (bicyclic) bond motifs is 1. The zero-order valence-electron chi connectivity index (χ0n) is 12.2. The second-order valence-electron chi connectivity index (χ2n) is 5.51. The van der Waals surface area contributed by atoms with E-state index in [4.69, 9.17) is 5.73 Å². The average Bonchev–Trinajstić information content (AvgIpc) is 2.94. The summed E-state index contributed by atoms with van der Waals surface area (Å²) in [5, 5.41) is 13.5. The summed E-state index contributed by atoms with van der Waals surface area (Å²) in [6.45, 7) is 1.79. The number of aromatic amines is 1. The van der Waals surface area contributed by atoms with E-state index in [1.54, 1.807) is 25.1 Å². The maximum absolute atomic E-state index is 12.5. The number of rotatable bonds is 3. The van der Waals surface area contributed by atoms with Crippen LogP contribution in [0.15, 0.2) is 18.2 Å². The number of anilines is 1. The van der Waals surface area contributed by atoms with Crippen LogP contribution in [-0.2, 0) is 17.6 Å². The molecule has 4 N–H and O–H groups in total. The van der Waals surface area contributed by atoms with Crippen molar-refractivity contribution in [1.29, 1.82) is 0 Å². The first kappa shape index (κ1) is 14.2. The van der Waals surface area contributed by atoms with E-state index in [9.17, 15) is 9.59 Å². The van der Waals surface area contributed by atoms with E-state index in [0.717, 1.165) is 23.4 Å². The van der Waals surface area contributed by atoms with Gasteiger partial charge in [-0.05, 0) is 31.4 Å². The van der Waals surface area contributed by atoms with Gasteiger partial charge < -0.3 is 11.1 Å². The average molecular weight is 299 g/mol. The molecule has 1 aliphatic rings. The van der Waals surface area contributed by atoms with Crippen molar-refractivity contribution in [3.63, 3.8) is 0 Å². The van der Waals surface area contributed by atoms with Crippen molar-refractivity contribution in [2.45, 2.75) is 26.2 Å². The molecule has 2 amide bonds. The summed E-state index contributed by atoms with van der Waals surface area (Å²) < 4.78 is 0. The van der Waals surface area contributed by atoms with Gasteiger partial charge in [0.05, 0.1) is 22.6 Å². The molecule has 1 atom stereocenters. The smallest absolute Gasteiger partial charge is 0.251 e. The van der Waals surface area contributed by atoms with E-state index in [0.29, 0.717) is 24.1 Å². The number of hydrogen-bond acceptors (Lipinski definition) is 4. The van der Waals surface area contributed by atoms with Crippen LogP contribution >= 0.6 is 0 Å². The zero-order valence-corrected chi connectivity index (χ0v) is 12.2. The Morgan fingerprint density at radius 1 is 1.32 bits per heavy atom. The van der Waals surface area contributed by atoms with Crippen LogP contribution in [0.25, 0.3) is 0 Å². The predicted molar refractivity (Wildman–Crippen MR) is 80.2 cm³/mol.